The Bertz CT molecular complexity index is 1920. The number of methoxy groups -OCH3 is 1. The van der Waals surface area contributed by atoms with Crippen molar-refractivity contribution in [3.05, 3.63) is 57.2 Å². The van der Waals surface area contributed by atoms with Crippen molar-refractivity contribution in [2.45, 2.75) is 97.9 Å². The zero-order valence-corrected chi connectivity index (χ0v) is 27.8. The Kier molecular flexibility index (Phi) is 7.30. The highest BCUT2D eigenvalue weighted by molar-refractivity contribution is 6.05. The molecule has 0 bridgehead atoms. The van der Waals surface area contributed by atoms with Gasteiger partial charge in [0.2, 0.25) is 5.43 Å². The Labute approximate surface area is 258 Å². The van der Waals surface area contributed by atoms with Crippen LogP contribution in [0.5, 0.6) is 11.5 Å². The Morgan fingerprint density at radius 2 is 1.41 bits per heavy atom. The lowest BCUT2D eigenvalue weighted by Gasteiger charge is -2.43. The van der Waals surface area contributed by atoms with E-state index in [9.17, 15) is 14.4 Å². The van der Waals surface area contributed by atoms with Crippen LogP contribution in [-0.4, -0.2) is 35.3 Å². The second-order valence-electron chi connectivity index (χ2n) is 14.5. The Hall–Kier alpha value is -4.07. The zero-order valence-electron chi connectivity index (χ0n) is 27.8. The molecular formula is C36H43NO7. The molecule has 2 atom stereocenters. The van der Waals surface area contributed by atoms with E-state index in [1.807, 2.05) is 23.7 Å². The first-order valence-electron chi connectivity index (χ1n) is 15.0. The highest BCUT2D eigenvalue weighted by Crippen LogP contribution is 2.49. The van der Waals surface area contributed by atoms with E-state index in [1.165, 1.54) is 32.1 Å². The molecule has 8 heteroatoms. The number of benzene rings is 3. The molecule has 3 aromatic carbocycles. The second-order valence-corrected chi connectivity index (χ2v) is 14.5. The van der Waals surface area contributed by atoms with Gasteiger partial charge in [-0.1, -0.05) is 53.7 Å². The maximum absolute atomic E-state index is 14.4. The summed E-state index contributed by atoms with van der Waals surface area (Å²) in [4.78, 5) is 39.1. The minimum absolute atomic E-state index is 0.0966. The largest absolute Gasteiger partial charge is 0.496 e. The van der Waals surface area contributed by atoms with Gasteiger partial charge in [0.15, 0.2) is 12.2 Å². The highest BCUT2D eigenvalue weighted by Gasteiger charge is 2.50. The summed E-state index contributed by atoms with van der Waals surface area (Å²) in [6, 6.07) is 10.1. The molecule has 234 valence electrons. The van der Waals surface area contributed by atoms with Crippen LogP contribution in [0, 0.1) is 0 Å². The van der Waals surface area contributed by atoms with Crippen molar-refractivity contribution in [1.82, 2.24) is 4.57 Å². The summed E-state index contributed by atoms with van der Waals surface area (Å²) in [7, 11) is 3.38. The van der Waals surface area contributed by atoms with Crippen LogP contribution >= 0.6 is 0 Å². The van der Waals surface area contributed by atoms with Gasteiger partial charge in [-0.05, 0) is 58.7 Å². The van der Waals surface area contributed by atoms with Gasteiger partial charge in [0, 0.05) is 32.3 Å². The average Bonchev–Trinajstić information content (AvgIpc) is 2.89. The van der Waals surface area contributed by atoms with E-state index in [2.05, 4.69) is 53.7 Å². The number of nitrogens with zero attached hydrogens (tertiary/aromatic N) is 1. The van der Waals surface area contributed by atoms with Gasteiger partial charge in [-0.2, -0.15) is 0 Å². The lowest BCUT2D eigenvalue weighted by Crippen LogP contribution is -2.52. The van der Waals surface area contributed by atoms with Gasteiger partial charge < -0.3 is 23.5 Å². The maximum atomic E-state index is 14.4. The average molecular weight is 602 g/mol. The number of ether oxygens (including phenoxy) is 4. The third kappa shape index (κ3) is 5.08. The molecule has 1 aliphatic heterocycles. The molecule has 1 aromatic heterocycles. The van der Waals surface area contributed by atoms with E-state index in [0.717, 1.165) is 10.8 Å². The van der Waals surface area contributed by atoms with E-state index in [1.54, 1.807) is 19.9 Å². The van der Waals surface area contributed by atoms with Crippen LogP contribution in [0.25, 0.3) is 32.6 Å². The molecule has 8 nitrogen and oxygen atoms in total. The van der Waals surface area contributed by atoms with Crippen molar-refractivity contribution in [3.63, 3.8) is 0 Å². The molecule has 0 saturated heterocycles. The predicted molar refractivity (Wildman–Crippen MR) is 173 cm³/mol. The second kappa shape index (κ2) is 10.2. The molecule has 0 aliphatic carbocycles. The highest BCUT2D eigenvalue weighted by atomic mass is 16.6. The molecule has 2 unspecified atom stereocenters. The van der Waals surface area contributed by atoms with Crippen LogP contribution in [-0.2, 0) is 36.9 Å². The molecule has 0 saturated carbocycles. The van der Waals surface area contributed by atoms with Crippen molar-refractivity contribution in [1.29, 1.82) is 0 Å². The Morgan fingerprint density at radius 1 is 0.864 bits per heavy atom. The summed E-state index contributed by atoms with van der Waals surface area (Å²) in [6.07, 6.45) is -2.01. The predicted octanol–water partition coefficient (Wildman–Crippen LogP) is 7.16. The van der Waals surface area contributed by atoms with Crippen LogP contribution in [0.4, 0.5) is 0 Å². The van der Waals surface area contributed by atoms with Crippen LogP contribution < -0.4 is 14.9 Å². The number of pyridine rings is 1. The third-order valence-electron chi connectivity index (χ3n) is 8.57. The number of carbonyl (C=O) groups is 2. The van der Waals surface area contributed by atoms with Crippen LogP contribution in [0.3, 0.4) is 0 Å². The minimum Gasteiger partial charge on any atom is -0.496 e. The van der Waals surface area contributed by atoms with Gasteiger partial charge >= 0.3 is 11.9 Å². The first-order valence-corrected chi connectivity index (χ1v) is 15.0. The van der Waals surface area contributed by atoms with Crippen LogP contribution in [0.1, 0.15) is 92.0 Å². The number of aryl methyl sites for hydroxylation is 1. The fourth-order valence-electron chi connectivity index (χ4n) is 6.56. The van der Waals surface area contributed by atoms with E-state index < -0.39 is 29.7 Å². The molecule has 5 rings (SSSR count). The number of rotatable bonds is 3. The normalized spacial score (nSPS) is 18.2. The van der Waals surface area contributed by atoms with Crippen molar-refractivity contribution in [3.8, 4) is 11.5 Å². The number of hydrogen-bond acceptors (Lipinski definition) is 7. The molecule has 2 heterocycles. The van der Waals surface area contributed by atoms with Crippen LogP contribution in [0.15, 0.2) is 35.1 Å². The summed E-state index contributed by atoms with van der Waals surface area (Å²) < 4.78 is 25.7. The number of esters is 2. The molecule has 0 radical (unpaired) electrons. The Balaban J connectivity index is 1.95. The van der Waals surface area contributed by atoms with Crippen LogP contribution in [0.2, 0.25) is 0 Å². The van der Waals surface area contributed by atoms with Gasteiger partial charge in [0.25, 0.3) is 0 Å². The standard InChI is InChI=1S/C36H43NO7/c1-18(38)42-32-29-27(44-36(9,10)33(32)43-19(2)39)17-26(41-12)28-30(29)37(11)25-16-21-15-24(35(6,7)8)23(34(3,4)5)14-20(21)13-22(25)31(28)40/h13-17,32-33H,1-12H3. The SMILES string of the molecule is COc1cc2c(c3c1c(=O)c1cc4cc(C(C)(C)C)c(C(C)(C)C)cc4cc1n3C)C(OC(C)=O)C(OC(C)=O)C(C)(C)O2. The molecule has 0 spiro atoms. The zero-order chi connectivity index (χ0) is 32.7. The van der Waals surface area contributed by atoms with Gasteiger partial charge in [-0.25, -0.2) is 0 Å². The number of carbonyl (C=O) groups excluding carboxylic acids is 2. The molecule has 0 fully saturated rings. The lowest BCUT2D eigenvalue weighted by molar-refractivity contribution is -0.187. The lowest BCUT2D eigenvalue weighted by atomic mass is 9.74. The van der Waals surface area contributed by atoms with Gasteiger partial charge in [0.1, 0.15) is 17.1 Å². The van der Waals surface area contributed by atoms with E-state index in [-0.39, 0.29) is 16.3 Å². The minimum atomic E-state index is -1.06. The third-order valence-corrected chi connectivity index (χ3v) is 8.57. The molecule has 0 N–H and O–H groups in total. The maximum Gasteiger partial charge on any atom is 0.303 e. The summed E-state index contributed by atoms with van der Waals surface area (Å²) in [5.74, 6) is -0.377. The number of hydrogen-bond donors (Lipinski definition) is 0. The fraction of sp³-hybridized carbons (Fsp3) is 0.472. The fourth-order valence-corrected chi connectivity index (χ4v) is 6.56. The molecule has 1 aliphatic rings. The van der Waals surface area contributed by atoms with Crippen molar-refractivity contribution < 1.29 is 28.5 Å². The van der Waals surface area contributed by atoms with E-state index in [0.29, 0.717) is 38.9 Å². The topological polar surface area (TPSA) is 93.1 Å². The van der Waals surface area contributed by atoms with E-state index >= 15 is 0 Å². The van der Waals surface area contributed by atoms with Crippen molar-refractivity contribution in [2.75, 3.05) is 7.11 Å². The van der Waals surface area contributed by atoms with Crippen molar-refractivity contribution in [2.24, 2.45) is 7.05 Å². The summed E-state index contributed by atoms with van der Waals surface area (Å²) >= 11 is 0. The molecular weight excluding hydrogens is 558 g/mol. The summed E-state index contributed by atoms with van der Waals surface area (Å²) in [5, 5.41) is 2.84. The molecule has 0 amide bonds. The van der Waals surface area contributed by atoms with Gasteiger partial charge in [0.05, 0.1) is 29.1 Å². The summed E-state index contributed by atoms with van der Waals surface area (Å²) in [6.45, 7) is 19.4. The first-order chi connectivity index (χ1) is 20.3. The summed E-state index contributed by atoms with van der Waals surface area (Å²) in [5.41, 5.74) is 2.64. The monoisotopic (exact) mass is 601 g/mol. The smallest absolute Gasteiger partial charge is 0.303 e. The van der Waals surface area contributed by atoms with E-state index in [4.69, 9.17) is 18.9 Å². The van der Waals surface area contributed by atoms with Gasteiger partial charge in [-0.3, -0.25) is 14.4 Å². The molecule has 44 heavy (non-hydrogen) atoms. The quantitative estimate of drug-likeness (QED) is 0.182. The number of aromatic nitrogens is 1. The van der Waals surface area contributed by atoms with Gasteiger partial charge in [-0.15, -0.1) is 0 Å². The van der Waals surface area contributed by atoms with Crippen molar-refractivity contribution >= 4 is 44.5 Å². The Morgan fingerprint density at radius 3 is 1.91 bits per heavy atom. The first kappa shape index (κ1) is 31.4. The molecule has 4 aromatic rings. The number of fused-ring (bicyclic) bond motifs is 5.